The van der Waals surface area contributed by atoms with Crippen molar-refractivity contribution in [3.63, 3.8) is 0 Å². The van der Waals surface area contributed by atoms with Crippen LogP contribution in [0, 0.1) is 5.82 Å². The average Bonchev–Trinajstić information content (AvgIpc) is 3.21. The molecule has 3 heterocycles. The third kappa shape index (κ3) is 4.43. The van der Waals surface area contributed by atoms with Crippen molar-refractivity contribution in [2.75, 3.05) is 0 Å². The lowest BCUT2D eigenvalue weighted by Gasteiger charge is -2.09. The van der Waals surface area contributed by atoms with E-state index >= 15 is 0 Å². The molecule has 5 rings (SSSR count). The van der Waals surface area contributed by atoms with Crippen molar-refractivity contribution in [3.05, 3.63) is 106 Å². The summed E-state index contributed by atoms with van der Waals surface area (Å²) >= 11 is 6.07. The molecule has 2 N–H and O–H groups in total. The standard InChI is InChI=1S/C25H20ClFN4/c26-21-11-19-7-16(1-2-24(19)31-15-21)8-22-9-17(3-5-29-22)13-28-14-20-10-18-4-6-30-25(18)12-23(20)27/h1-7,9-12,15,28,30H,8,13-14H2. The fourth-order valence-corrected chi connectivity index (χ4v) is 3.97. The summed E-state index contributed by atoms with van der Waals surface area (Å²) < 4.78 is 14.3. The monoisotopic (exact) mass is 430 g/mol. The molecule has 154 valence electrons. The number of H-pyrrole nitrogens is 1. The molecule has 2 aromatic carbocycles. The Kier molecular flexibility index (Phi) is 5.37. The highest BCUT2D eigenvalue weighted by molar-refractivity contribution is 6.31. The van der Waals surface area contributed by atoms with Gasteiger partial charge in [0, 0.05) is 60.3 Å². The number of nitrogens with one attached hydrogen (secondary N) is 2. The van der Waals surface area contributed by atoms with Crippen molar-refractivity contribution in [2.45, 2.75) is 19.5 Å². The van der Waals surface area contributed by atoms with Gasteiger partial charge in [-0.1, -0.05) is 17.7 Å². The molecule has 0 aliphatic rings. The van der Waals surface area contributed by atoms with Crippen LogP contribution < -0.4 is 5.32 Å². The van der Waals surface area contributed by atoms with E-state index < -0.39 is 0 Å². The molecule has 6 heteroatoms. The van der Waals surface area contributed by atoms with Crippen LogP contribution in [0.15, 0.2) is 73.2 Å². The number of nitrogens with zero attached hydrogens (tertiary/aromatic N) is 2. The number of fused-ring (bicyclic) bond motifs is 2. The molecule has 0 aliphatic heterocycles. The molecule has 0 saturated carbocycles. The highest BCUT2D eigenvalue weighted by atomic mass is 35.5. The first-order valence-corrected chi connectivity index (χ1v) is 10.5. The molecule has 0 aliphatic carbocycles. The molecule has 0 radical (unpaired) electrons. The van der Waals surface area contributed by atoms with E-state index in [1.54, 1.807) is 12.3 Å². The molecule has 0 atom stereocenters. The zero-order valence-electron chi connectivity index (χ0n) is 16.7. The Labute approximate surface area is 184 Å². The Morgan fingerprint density at radius 3 is 2.77 bits per heavy atom. The molecular formula is C25H20ClFN4. The van der Waals surface area contributed by atoms with Gasteiger partial charge in [-0.3, -0.25) is 9.97 Å². The first-order valence-electron chi connectivity index (χ1n) is 10.1. The van der Waals surface area contributed by atoms with E-state index in [9.17, 15) is 4.39 Å². The minimum Gasteiger partial charge on any atom is -0.361 e. The van der Waals surface area contributed by atoms with Crippen LogP contribution in [0.2, 0.25) is 5.02 Å². The second-order valence-electron chi connectivity index (χ2n) is 7.62. The summed E-state index contributed by atoms with van der Waals surface area (Å²) in [6, 6.07) is 17.5. The number of aromatic amines is 1. The van der Waals surface area contributed by atoms with Gasteiger partial charge in [0.25, 0.3) is 0 Å². The first-order chi connectivity index (χ1) is 15.1. The second kappa shape index (κ2) is 8.46. The Hall–Kier alpha value is -3.28. The number of benzene rings is 2. The first kappa shape index (κ1) is 19.7. The fourth-order valence-electron chi connectivity index (χ4n) is 3.81. The van der Waals surface area contributed by atoms with Crippen molar-refractivity contribution in [2.24, 2.45) is 0 Å². The SMILES string of the molecule is Fc1cc2[nH]ccc2cc1CNCc1ccnc(Cc2ccc3ncc(Cl)cc3c2)c1. The van der Waals surface area contributed by atoms with Gasteiger partial charge in [-0.25, -0.2) is 4.39 Å². The highest BCUT2D eigenvalue weighted by Gasteiger charge is 2.06. The summed E-state index contributed by atoms with van der Waals surface area (Å²) in [5.41, 5.74) is 5.63. The van der Waals surface area contributed by atoms with Gasteiger partial charge >= 0.3 is 0 Å². The lowest BCUT2D eigenvalue weighted by atomic mass is 10.1. The van der Waals surface area contributed by atoms with Gasteiger partial charge in [0.1, 0.15) is 5.82 Å². The van der Waals surface area contributed by atoms with E-state index in [0.29, 0.717) is 23.7 Å². The van der Waals surface area contributed by atoms with Gasteiger partial charge in [-0.15, -0.1) is 0 Å². The molecule has 0 unspecified atom stereocenters. The molecule has 0 saturated heterocycles. The second-order valence-corrected chi connectivity index (χ2v) is 8.06. The van der Waals surface area contributed by atoms with Crippen LogP contribution in [0.25, 0.3) is 21.8 Å². The van der Waals surface area contributed by atoms with E-state index in [1.165, 1.54) is 0 Å². The lowest BCUT2D eigenvalue weighted by molar-refractivity contribution is 0.589. The van der Waals surface area contributed by atoms with Gasteiger partial charge in [0.15, 0.2) is 0 Å². The van der Waals surface area contributed by atoms with Crippen molar-refractivity contribution in [1.82, 2.24) is 20.3 Å². The van der Waals surface area contributed by atoms with E-state index in [1.807, 2.05) is 42.7 Å². The van der Waals surface area contributed by atoms with Gasteiger partial charge in [0.2, 0.25) is 0 Å². The minimum atomic E-state index is -0.205. The number of aromatic nitrogens is 3. The average molecular weight is 431 g/mol. The van der Waals surface area contributed by atoms with E-state index in [-0.39, 0.29) is 5.82 Å². The van der Waals surface area contributed by atoms with Crippen molar-refractivity contribution < 1.29 is 4.39 Å². The molecule has 0 bridgehead atoms. The Balaban J connectivity index is 1.26. The third-order valence-corrected chi connectivity index (χ3v) is 5.55. The fraction of sp³-hybridized carbons (Fsp3) is 0.120. The number of hydrogen-bond donors (Lipinski definition) is 2. The van der Waals surface area contributed by atoms with Crippen LogP contribution in [0.3, 0.4) is 0 Å². The maximum atomic E-state index is 14.3. The Morgan fingerprint density at radius 1 is 0.903 bits per heavy atom. The molecule has 0 spiro atoms. The summed E-state index contributed by atoms with van der Waals surface area (Å²) in [5, 5.41) is 5.99. The predicted octanol–water partition coefficient (Wildman–Crippen LogP) is 5.78. The molecular weight excluding hydrogens is 411 g/mol. The van der Waals surface area contributed by atoms with Gasteiger partial charge < -0.3 is 10.3 Å². The summed E-state index contributed by atoms with van der Waals surface area (Å²) in [7, 11) is 0. The summed E-state index contributed by atoms with van der Waals surface area (Å²) in [5.74, 6) is -0.205. The summed E-state index contributed by atoms with van der Waals surface area (Å²) in [6.07, 6.45) is 6.01. The zero-order valence-corrected chi connectivity index (χ0v) is 17.5. The normalized spacial score (nSPS) is 11.4. The van der Waals surface area contributed by atoms with E-state index in [4.69, 9.17) is 11.6 Å². The predicted molar refractivity (Wildman–Crippen MR) is 123 cm³/mol. The molecule has 3 aromatic heterocycles. The summed E-state index contributed by atoms with van der Waals surface area (Å²) in [4.78, 5) is 11.9. The van der Waals surface area contributed by atoms with Crippen molar-refractivity contribution in [3.8, 4) is 0 Å². The number of halogens is 2. The molecule has 0 amide bonds. The zero-order chi connectivity index (χ0) is 21.2. The van der Waals surface area contributed by atoms with Crippen LogP contribution in [0.4, 0.5) is 4.39 Å². The number of pyridine rings is 2. The number of rotatable bonds is 6. The van der Waals surface area contributed by atoms with Crippen molar-refractivity contribution in [1.29, 1.82) is 0 Å². The highest BCUT2D eigenvalue weighted by Crippen LogP contribution is 2.20. The Bertz CT molecular complexity index is 1380. The van der Waals surface area contributed by atoms with E-state index in [2.05, 4.69) is 38.5 Å². The maximum Gasteiger partial charge on any atom is 0.129 e. The van der Waals surface area contributed by atoms with Crippen LogP contribution in [0.5, 0.6) is 0 Å². The molecule has 5 aromatic rings. The van der Waals surface area contributed by atoms with Crippen LogP contribution in [-0.4, -0.2) is 15.0 Å². The Morgan fingerprint density at radius 2 is 1.84 bits per heavy atom. The smallest absolute Gasteiger partial charge is 0.129 e. The van der Waals surface area contributed by atoms with Crippen LogP contribution in [0.1, 0.15) is 22.4 Å². The van der Waals surface area contributed by atoms with Crippen molar-refractivity contribution >= 4 is 33.4 Å². The molecule has 0 fully saturated rings. The maximum absolute atomic E-state index is 14.3. The van der Waals surface area contributed by atoms with Crippen LogP contribution >= 0.6 is 11.6 Å². The third-order valence-electron chi connectivity index (χ3n) is 5.34. The number of hydrogen-bond acceptors (Lipinski definition) is 3. The van der Waals surface area contributed by atoms with E-state index in [0.717, 1.165) is 45.0 Å². The topological polar surface area (TPSA) is 53.6 Å². The quantitative estimate of drug-likeness (QED) is 0.359. The summed E-state index contributed by atoms with van der Waals surface area (Å²) in [6.45, 7) is 1.10. The molecule has 31 heavy (non-hydrogen) atoms. The lowest BCUT2D eigenvalue weighted by Crippen LogP contribution is -2.14. The van der Waals surface area contributed by atoms with Gasteiger partial charge in [-0.2, -0.15) is 0 Å². The minimum absolute atomic E-state index is 0.205. The molecule has 4 nitrogen and oxygen atoms in total. The van der Waals surface area contributed by atoms with Gasteiger partial charge in [-0.05, 0) is 65.0 Å². The largest absolute Gasteiger partial charge is 0.361 e. The van der Waals surface area contributed by atoms with Gasteiger partial charge in [0.05, 0.1) is 10.5 Å². The van der Waals surface area contributed by atoms with Crippen LogP contribution in [-0.2, 0) is 19.5 Å².